The van der Waals surface area contributed by atoms with Crippen molar-refractivity contribution in [2.45, 2.75) is 51.4 Å². The minimum atomic E-state index is -0.176. The molecule has 2 fully saturated rings. The van der Waals surface area contributed by atoms with Crippen LogP contribution in [0.1, 0.15) is 54.8 Å². The first-order chi connectivity index (χ1) is 14.1. The molecule has 0 spiro atoms. The van der Waals surface area contributed by atoms with Gasteiger partial charge in [0.15, 0.2) is 0 Å². The van der Waals surface area contributed by atoms with Crippen LogP contribution < -0.4 is 0 Å². The van der Waals surface area contributed by atoms with Crippen LogP contribution in [0.25, 0.3) is 16.6 Å². The quantitative estimate of drug-likeness (QED) is 0.588. The third-order valence-corrected chi connectivity index (χ3v) is 6.82. The Morgan fingerprint density at radius 2 is 1.86 bits per heavy atom. The van der Waals surface area contributed by atoms with E-state index < -0.39 is 0 Å². The number of hydrogen-bond donors (Lipinski definition) is 1. The maximum absolute atomic E-state index is 14.0. The van der Waals surface area contributed by atoms with Crippen LogP contribution in [0.4, 0.5) is 4.39 Å². The summed E-state index contributed by atoms with van der Waals surface area (Å²) in [6, 6.07) is 11.1. The van der Waals surface area contributed by atoms with Gasteiger partial charge in [-0.15, -0.1) is 0 Å². The van der Waals surface area contributed by atoms with Crippen molar-refractivity contribution in [1.29, 1.82) is 0 Å². The molecule has 2 heterocycles. The summed E-state index contributed by atoms with van der Waals surface area (Å²) in [5.74, 6) is 1.27. The lowest BCUT2D eigenvalue weighted by Gasteiger charge is -2.29. The summed E-state index contributed by atoms with van der Waals surface area (Å²) in [5, 5.41) is 11.4. The van der Waals surface area contributed by atoms with E-state index in [0.717, 1.165) is 55.0 Å². The molecule has 1 N–H and O–H groups in total. The van der Waals surface area contributed by atoms with E-state index in [1.165, 1.54) is 30.5 Å². The van der Waals surface area contributed by atoms with Crippen molar-refractivity contribution < 1.29 is 14.2 Å². The number of benzene rings is 2. The number of phenols is 1. The van der Waals surface area contributed by atoms with Crippen molar-refractivity contribution in [3.63, 3.8) is 0 Å². The zero-order valence-electron chi connectivity index (χ0n) is 17.0. The second-order valence-corrected chi connectivity index (χ2v) is 8.72. The van der Waals surface area contributed by atoms with Crippen molar-refractivity contribution in [3.05, 3.63) is 59.0 Å². The predicted molar refractivity (Wildman–Crippen MR) is 113 cm³/mol. The van der Waals surface area contributed by atoms with E-state index in [1.54, 1.807) is 12.1 Å². The Hall–Kier alpha value is -2.33. The first-order valence-electron chi connectivity index (χ1n) is 10.8. The van der Waals surface area contributed by atoms with Gasteiger partial charge in [-0.2, -0.15) is 0 Å². The highest BCUT2D eigenvalue weighted by atomic mass is 19.1. The Kier molecular flexibility index (Phi) is 4.83. The number of aryl methyl sites for hydroxylation is 1. The van der Waals surface area contributed by atoms with Gasteiger partial charge in [0.2, 0.25) is 0 Å². The molecule has 4 heteroatoms. The zero-order chi connectivity index (χ0) is 20.0. The normalized spacial score (nSPS) is 18.3. The van der Waals surface area contributed by atoms with Gasteiger partial charge < -0.3 is 14.4 Å². The molecule has 0 amide bonds. The van der Waals surface area contributed by atoms with E-state index in [2.05, 4.69) is 4.57 Å². The molecule has 1 saturated carbocycles. The maximum atomic E-state index is 14.0. The molecule has 3 aromatic rings. The molecule has 29 heavy (non-hydrogen) atoms. The molecule has 3 nitrogen and oxygen atoms in total. The maximum Gasteiger partial charge on any atom is 0.126 e. The van der Waals surface area contributed by atoms with Crippen LogP contribution in [0.3, 0.4) is 0 Å². The smallest absolute Gasteiger partial charge is 0.126 e. The first-order valence-corrected chi connectivity index (χ1v) is 10.8. The van der Waals surface area contributed by atoms with Gasteiger partial charge in [-0.3, -0.25) is 0 Å². The van der Waals surface area contributed by atoms with Gasteiger partial charge in [-0.1, -0.05) is 19.3 Å². The number of aromatic hydroxyl groups is 1. The summed E-state index contributed by atoms with van der Waals surface area (Å²) in [7, 11) is 0. The summed E-state index contributed by atoms with van der Waals surface area (Å²) >= 11 is 0. The topological polar surface area (TPSA) is 34.4 Å². The predicted octanol–water partition coefficient (Wildman–Crippen LogP) is 6.02. The van der Waals surface area contributed by atoms with Crippen molar-refractivity contribution >= 4 is 10.9 Å². The lowest BCUT2D eigenvalue weighted by molar-refractivity contribution is 0.0840. The van der Waals surface area contributed by atoms with Crippen LogP contribution in [0.2, 0.25) is 0 Å². The van der Waals surface area contributed by atoms with Crippen LogP contribution in [0, 0.1) is 18.7 Å². The average molecular weight is 394 g/mol. The van der Waals surface area contributed by atoms with E-state index in [-0.39, 0.29) is 5.82 Å². The van der Waals surface area contributed by atoms with E-state index in [4.69, 9.17) is 4.74 Å². The molecular formula is C25H28FNO2. The highest BCUT2D eigenvalue weighted by molar-refractivity contribution is 5.89. The standard InChI is InChI=1S/C25H28FNO2/c1-16-13-19(5-7-23(16)26)27-24-8-6-20(28)15-21(24)22(14-17-3-2-4-17)25(27)18-9-11-29-12-10-18/h5-8,13,15,17-18,28H,2-4,9-12,14H2,1H3. The molecule has 2 aliphatic rings. The molecular weight excluding hydrogens is 365 g/mol. The summed E-state index contributed by atoms with van der Waals surface area (Å²) in [4.78, 5) is 0. The molecule has 5 rings (SSSR count). The molecule has 0 radical (unpaired) electrons. The number of nitrogens with zero attached hydrogens (tertiary/aromatic N) is 1. The molecule has 0 bridgehead atoms. The largest absolute Gasteiger partial charge is 0.508 e. The SMILES string of the molecule is Cc1cc(-n2c(C3CCOCC3)c(CC3CCC3)c3cc(O)ccc32)ccc1F. The Bertz CT molecular complexity index is 1040. The van der Waals surface area contributed by atoms with E-state index in [0.29, 0.717) is 17.2 Å². The highest BCUT2D eigenvalue weighted by Crippen LogP contribution is 2.42. The minimum Gasteiger partial charge on any atom is -0.508 e. The average Bonchev–Trinajstić information content (AvgIpc) is 3.01. The Balaban J connectivity index is 1.77. The van der Waals surface area contributed by atoms with E-state index in [1.807, 2.05) is 31.2 Å². The van der Waals surface area contributed by atoms with Crippen LogP contribution in [-0.4, -0.2) is 22.9 Å². The monoisotopic (exact) mass is 393 g/mol. The zero-order valence-corrected chi connectivity index (χ0v) is 17.0. The number of rotatable bonds is 4. The molecule has 152 valence electrons. The summed E-state index contributed by atoms with van der Waals surface area (Å²) in [5.41, 5.74) is 5.47. The second kappa shape index (κ2) is 7.49. The minimum absolute atomic E-state index is 0.176. The highest BCUT2D eigenvalue weighted by Gasteiger charge is 2.29. The third-order valence-electron chi connectivity index (χ3n) is 6.82. The number of fused-ring (bicyclic) bond motifs is 1. The molecule has 1 saturated heterocycles. The summed E-state index contributed by atoms with van der Waals surface area (Å²) < 4.78 is 22.0. The van der Waals surface area contributed by atoms with Gasteiger partial charge in [-0.05, 0) is 79.6 Å². The number of ether oxygens (including phenoxy) is 1. The number of hydrogen-bond acceptors (Lipinski definition) is 2. The lowest BCUT2D eigenvalue weighted by atomic mass is 9.79. The van der Waals surface area contributed by atoms with Crippen LogP contribution >= 0.6 is 0 Å². The van der Waals surface area contributed by atoms with E-state index >= 15 is 0 Å². The Labute approximate surface area is 171 Å². The molecule has 1 aromatic heterocycles. The van der Waals surface area contributed by atoms with Gasteiger partial charge >= 0.3 is 0 Å². The number of phenolic OH excluding ortho intramolecular Hbond substituents is 1. The fourth-order valence-corrected chi connectivity index (χ4v) is 5.01. The summed E-state index contributed by atoms with van der Waals surface area (Å²) in [6.45, 7) is 3.38. The lowest BCUT2D eigenvalue weighted by Crippen LogP contribution is -2.20. The Morgan fingerprint density at radius 1 is 1.07 bits per heavy atom. The van der Waals surface area contributed by atoms with E-state index in [9.17, 15) is 9.50 Å². The van der Waals surface area contributed by atoms with Crippen LogP contribution in [-0.2, 0) is 11.2 Å². The third kappa shape index (κ3) is 3.33. The molecule has 1 aliphatic carbocycles. The van der Waals surface area contributed by atoms with Crippen LogP contribution in [0.5, 0.6) is 5.75 Å². The number of aromatic nitrogens is 1. The molecule has 2 aromatic carbocycles. The molecule has 0 atom stereocenters. The fourth-order valence-electron chi connectivity index (χ4n) is 5.01. The van der Waals surface area contributed by atoms with Crippen molar-refractivity contribution in [1.82, 2.24) is 4.57 Å². The Morgan fingerprint density at radius 3 is 2.55 bits per heavy atom. The van der Waals surface area contributed by atoms with Crippen LogP contribution in [0.15, 0.2) is 36.4 Å². The number of halogens is 1. The van der Waals surface area contributed by atoms with Crippen molar-refractivity contribution in [2.24, 2.45) is 5.92 Å². The molecule has 0 unspecified atom stereocenters. The fraction of sp³-hybridized carbons (Fsp3) is 0.440. The second-order valence-electron chi connectivity index (χ2n) is 8.72. The van der Waals surface area contributed by atoms with Gasteiger partial charge in [0.05, 0.1) is 5.52 Å². The van der Waals surface area contributed by atoms with Gasteiger partial charge in [0.25, 0.3) is 0 Å². The van der Waals surface area contributed by atoms with Gasteiger partial charge in [0, 0.05) is 35.9 Å². The first kappa shape index (κ1) is 18.7. The summed E-state index contributed by atoms with van der Waals surface area (Å²) in [6.07, 6.45) is 6.95. The van der Waals surface area contributed by atoms with Crippen molar-refractivity contribution in [2.75, 3.05) is 13.2 Å². The van der Waals surface area contributed by atoms with Gasteiger partial charge in [0.1, 0.15) is 11.6 Å². The van der Waals surface area contributed by atoms with Gasteiger partial charge in [-0.25, -0.2) is 4.39 Å². The molecule has 1 aliphatic heterocycles. The van der Waals surface area contributed by atoms with Crippen molar-refractivity contribution in [3.8, 4) is 11.4 Å².